The molecule has 90 valence electrons. The third kappa shape index (κ3) is 2.79. The van der Waals surface area contributed by atoms with Crippen LogP contribution in [0.1, 0.15) is 16.1 Å². The quantitative estimate of drug-likeness (QED) is 0.904. The molecular formula is C12H12F2N2S. The van der Waals surface area contributed by atoms with E-state index in [9.17, 15) is 8.78 Å². The van der Waals surface area contributed by atoms with Crippen LogP contribution in [0.5, 0.6) is 0 Å². The van der Waals surface area contributed by atoms with Gasteiger partial charge in [-0.2, -0.15) is 0 Å². The molecule has 0 aliphatic heterocycles. The maximum absolute atomic E-state index is 13.0. The number of hydrogen-bond donors (Lipinski definition) is 1. The van der Waals surface area contributed by atoms with Crippen LogP contribution in [0.3, 0.4) is 0 Å². The van der Waals surface area contributed by atoms with Crippen molar-refractivity contribution in [1.82, 2.24) is 4.98 Å². The molecule has 0 spiro atoms. The van der Waals surface area contributed by atoms with Crippen molar-refractivity contribution < 1.29 is 8.78 Å². The Labute approximate surface area is 102 Å². The predicted molar refractivity (Wildman–Crippen MR) is 65.3 cm³/mol. The number of nitrogens with one attached hydrogen (secondary N) is 1. The van der Waals surface area contributed by atoms with Gasteiger partial charge in [-0.05, 0) is 31.5 Å². The van der Waals surface area contributed by atoms with E-state index in [1.54, 1.807) is 17.4 Å². The van der Waals surface area contributed by atoms with Gasteiger partial charge in [0.15, 0.2) is 16.8 Å². The monoisotopic (exact) mass is 254 g/mol. The standard InChI is InChI=1S/C12H12F2N2S/c1-7-8(2)17-12(16-7)15-6-9-3-4-10(13)11(14)5-9/h3-5H,6H2,1-2H3,(H,15,16). The second-order valence-corrected chi connectivity index (χ2v) is 4.97. The van der Waals surface area contributed by atoms with Crippen LogP contribution in [0.25, 0.3) is 0 Å². The molecule has 0 amide bonds. The first kappa shape index (κ1) is 12.0. The van der Waals surface area contributed by atoms with Gasteiger partial charge in [-0.3, -0.25) is 0 Å². The number of halogens is 2. The van der Waals surface area contributed by atoms with Gasteiger partial charge in [0, 0.05) is 11.4 Å². The van der Waals surface area contributed by atoms with Crippen LogP contribution in [0.15, 0.2) is 18.2 Å². The summed E-state index contributed by atoms with van der Waals surface area (Å²) < 4.78 is 25.7. The zero-order chi connectivity index (χ0) is 12.4. The third-order valence-electron chi connectivity index (χ3n) is 2.46. The summed E-state index contributed by atoms with van der Waals surface area (Å²) in [4.78, 5) is 5.46. The molecule has 0 unspecified atom stereocenters. The lowest BCUT2D eigenvalue weighted by Crippen LogP contribution is -2.00. The minimum Gasteiger partial charge on any atom is -0.357 e. The molecular weight excluding hydrogens is 242 g/mol. The summed E-state index contributed by atoms with van der Waals surface area (Å²) in [5.41, 5.74) is 1.68. The van der Waals surface area contributed by atoms with Gasteiger partial charge in [0.25, 0.3) is 0 Å². The van der Waals surface area contributed by atoms with Crippen molar-refractivity contribution >= 4 is 16.5 Å². The lowest BCUT2D eigenvalue weighted by atomic mass is 10.2. The fourth-order valence-corrected chi connectivity index (χ4v) is 2.19. The summed E-state index contributed by atoms with van der Waals surface area (Å²) in [5.74, 6) is -1.65. The molecule has 0 saturated carbocycles. The number of thiazole rings is 1. The number of benzene rings is 1. The Hall–Kier alpha value is -1.49. The maximum Gasteiger partial charge on any atom is 0.183 e. The van der Waals surface area contributed by atoms with Crippen molar-refractivity contribution in [3.63, 3.8) is 0 Å². The van der Waals surface area contributed by atoms with Gasteiger partial charge >= 0.3 is 0 Å². The molecule has 1 aromatic heterocycles. The van der Waals surface area contributed by atoms with Crippen LogP contribution < -0.4 is 5.32 Å². The van der Waals surface area contributed by atoms with E-state index in [-0.39, 0.29) is 0 Å². The molecule has 0 aliphatic carbocycles. The molecule has 1 heterocycles. The van der Waals surface area contributed by atoms with Crippen molar-refractivity contribution in [2.24, 2.45) is 0 Å². The number of aryl methyl sites for hydroxylation is 2. The zero-order valence-electron chi connectivity index (χ0n) is 9.55. The highest BCUT2D eigenvalue weighted by molar-refractivity contribution is 7.15. The highest BCUT2D eigenvalue weighted by atomic mass is 32.1. The lowest BCUT2D eigenvalue weighted by Gasteiger charge is -2.03. The summed E-state index contributed by atoms with van der Waals surface area (Å²) in [6.07, 6.45) is 0. The van der Waals surface area contributed by atoms with Crippen LogP contribution in [0.2, 0.25) is 0 Å². The SMILES string of the molecule is Cc1nc(NCc2ccc(F)c(F)c2)sc1C. The summed E-state index contributed by atoms with van der Waals surface area (Å²) in [6, 6.07) is 3.87. The normalized spacial score (nSPS) is 10.6. The molecule has 2 rings (SSSR count). The van der Waals surface area contributed by atoms with Crippen molar-refractivity contribution in [3.8, 4) is 0 Å². The Bertz CT molecular complexity index is 518. The number of rotatable bonds is 3. The first-order valence-corrected chi connectivity index (χ1v) is 6.00. The molecule has 17 heavy (non-hydrogen) atoms. The topological polar surface area (TPSA) is 24.9 Å². The second kappa shape index (κ2) is 4.79. The molecule has 2 nitrogen and oxygen atoms in total. The van der Waals surface area contributed by atoms with E-state index in [4.69, 9.17) is 0 Å². The molecule has 0 atom stereocenters. The Morgan fingerprint density at radius 3 is 2.59 bits per heavy atom. The van der Waals surface area contributed by atoms with Gasteiger partial charge in [0.2, 0.25) is 0 Å². The van der Waals surface area contributed by atoms with Crippen LogP contribution in [-0.2, 0) is 6.54 Å². The van der Waals surface area contributed by atoms with Crippen molar-refractivity contribution in [3.05, 3.63) is 46.0 Å². The minimum atomic E-state index is -0.824. The van der Waals surface area contributed by atoms with Gasteiger partial charge in [-0.25, -0.2) is 13.8 Å². The Morgan fingerprint density at radius 1 is 1.24 bits per heavy atom. The second-order valence-electron chi connectivity index (χ2n) is 3.76. The van der Waals surface area contributed by atoms with Crippen molar-refractivity contribution in [2.75, 3.05) is 5.32 Å². The molecule has 0 aliphatic rings. The molecule has 0 radical (unpaired) electrons. The molecule has 2 aromatic rings. The van der Waals surface area contributed by atoms with Crippen LogP contribution in [-0.4, -0.2) is 4.98 Å². The van der Waals surface area contributed by atoms with Gasteiger partial charge in [-0.1, -0.05) is 6.07 Å². The van der Waals surface area contributed by atoms with Crippen LogP contribution in [0, 0.1) is 25.5 Å². The van der Waals surface area contributed by atoms with Crippen LogP contribution in [0.4, 0.5) is 13.9 Å². The first-order chi connectivity index (χ1) is 8.06. The Balaban J connectivity index is 2.04. The van der Waals surface area contributed by atoms with E-state index in [0.717, 1.165) is 21.8 Å². The number of anilines is 1. The summed E-state index contributed by atoms with van der Waals surface area (Å²) in [7, 11) is 0. The average Bonchev–Trinajstić information content (AvgIpc) is 2.60. The molecule has 0 fully saturated rings. The van der Waals surface area contributed by atoms with E-state index >= 15 is 0 Å². The highest BCUT2D eigenvalue weighted by Crippen LogP contribution is 2.21. The van der Waals surface area contributed by atoms with Crippen molar-refractivity contribution in [2.45, 2.75) is 20.4 Å². The van der Waals surface area contributed by atoms with Gasteiger partial charge in [0.05, 0.1) is 5.69 Å². The molecule has 5 heteroatoms. The van der Waals surface area contributed by atoms with Gasteiger partial charge in [-0.15, -0.1) is 11.3 Å². The van der Waals surface area contributed by atoms with E-state index < -0.39 is 11.6 Å². The highest BCUT2D eigenvalue weighted by Gasteiger charge is 2.05. The summed E-state index contributed by atoms with van der Waals surface area (Å²) in [5, 5.41) is 3.88. The Morgan fingerprint density at radius 2 is 2.00 bits per heavy atom. The van der Waals surface area contributed by atoms with E-state index in [1.807, 2.05) is 13.8 Å². The summed E-state index contributed by atoms with van der Waals surface area (Å²) in [6.45, 7) is 4.37. The Kier molecular flexibility index (Phi) is 3.38. The molecule has 0 saturated heterocycles. The largest absolute Gasteiger partial charge is 0.357 e. The average molecular weight is 254 g/mol. The van der Waals surface area contributed by atoms with E-state index in [1.165, 1.54) is 6.07 Å². The fraction of sp³-hybridized carbons (Fsp3) is 0.250. The van der Waals surface area contributed by atoms with E-state index in [0.29, 0.717) is 12.1 Å². The summed E-state index contributed by atoms with van der Waals surface area (Å²) >= 11 is 1.55. The zero-order valence-corrected chi connectivity index (χ0v) is 10.4. The minimum absolute atomic E-state index is 0.434. The van der Waals surface area contributed by atoms with Crippen molar-refractivity contribution in [1.29, 1.82) is 0 Å². The number of aromatic nitrogens is 1. The number of hydrogen-bond acceptors (Lipinski definition) is 3. The molecule has 0 bridgehead atoms. The molecule has 1 aromatic carbocycles. The van der Waals surface area contributed by atoms with Gasteiger partial charge < -0.3 is 5.32 Å². The third-order valence-corrected chi connectivity index (χ3v) is 3.49. The fourth-order valence-electron chi connectivity index (χ4n) is 1.38. The smallest absolute Gasteiger partial charge is 0.183 e. The maximum atomic E-state index is 13.0. The lowest BCUT2D eigenvalue weighted by molar-refractivity contribution is 0.507. The van der Waals surface area contributed by atoms with Gasteiger partial charge in [0.1, 0.15) is 0 Å². The number of nitrogens with zero attached hydrogens (tertiary/aromatic N) is 1. The molecule has 1 N–H and O–H groups in total. The first-order valence-electron chi connectivity index (χ1n) is 5.18. The van der Waals surface area contributed by atoms with E-state index in [2.05, 4.69) is 10.3 Å². The predicted octanol–water partition coefficient (Wildman–Crippen LogP) is 3.65. The van der Waals surface area contributed by atoms with Crippen LogP contribution >= 0.6 is 11.3 Å².